The number of alkyl halides is 3. The molecule has 204 valence electrons. The molecule has 39 heavy (non-hydrogen) atoms. The zero-order valence-corrected chi connectivity index (χ0v) is 22.3. The average molecular weight is 556 g/mol. The number of esters is 1. The third-order valence-electron chi connectivity index (χ3n) is 6.15. The minimum Gasteiger partial charge on any atom is -0.466 e. The Kier molecular flexibility index (Phi) is 9.14. The second-order valence-electron chi connectivity index (χ2n) is 9.00. The molecule has 9 heteroatoms. The van der Waals surface area contributed by atoms with Crippen molar-refractivity contribution in [1.29, 1.82) is 0 Å². The number of thioether (sulfide) groups is 1. The number of benzene rings is 3. The molecule has 0 bridgehead atoms. The van der Waals surface area contributed by atoms with Crippen molar-refractivity contribution in [3.8, 4) is 22.5 Å². The molecule has 5 nitrogen and oxygen atoms in total. The summed E-state index contributed by atoms with van der Waals surface area (Å²) < 4.78 is 49.5. The van der Waals surface area contributed by atoms with Crippen LogP contribution in [0.1, 0.15) is 34.9 Å². The molecule has 4 aromatic rings. The van der Waals surface area contributed by atoms with Gasteiger partial charge < -0.3 is 14.4 Å². The molecule has 0 saturated heterocycles. The monoisotopic (exact) mass is 555 g/mol. The predicted molar refractivity (Wildman–Crippen MR) is 145 cm³/mol. The highest BCUT2D eigenvalue weighted by atomic mass is 32.2. The first kappa shape index (κ1) is 28.4. The lowest BCUT2D eigenvalue weighted by Crippen LogP contribution is -2.08. The number of aliphatic hydroxyl groups excluding tert-OH is 1. The van der Waals surface area contributed by atoms with Gasteiger partial charge in [-0.25, -0.2) is 0 Å². The molecular weight excluding hydrogens is 527 g/mol. The van der Waals surface area contributed by atoms with Crippen LogP contribution in [-0.4, -0.2) is 28.3 Å². The van der Waals surface area contributed by atoms with Crippen LogP contribution in [0.4, 0.5) is 13.2 Å². The lowest BCUT2D eigenvalue weighted by molar-refractivity contribution is -0.142. The molecule has 0 amide bonds. The third-order valence-corrected chi connectivity index (χ3v) is 7.20. The first-order valence-electron chi connectivity index (χ1n) is 12.4. The number of rotatable bonds is 10. The normalized spacial score (nSPS) is 12.4. The number of carbonyl (C=O) groups is 1. The molecule has 4 rings (SSSR count). The molecule has 0 aliphatic heterocycles. The fraction of sp³-hybridized carbons (Fsp3) is 0.267. The molecule has 0 fully saturated rings. The Morgan fingerprint density at radius 1 is 1.00 bits per heavy atom. The molecule has 1 unspecified atom stereocenters. The summed E-state index contributed by atoms with van der Waals surface area (Å²) in [5.74, 6) is 0.521. The van der Waals surface area contributed by atoms with Crippen LogP contribution in [0.2, 0.25) is 0 Å². The van der Waals surface area contributed by atoms with Crippen LogP contribution in [0.15, 0.2) is 77.3 Å². The molecular formula is C30H28F3NO4S. The number of ether oxygens (including phenoxy) is 1. The van der Waals surface area contributed by atoms with E-state index in [0.717, 1.165) is 51.7 Å². The Balaban J connectivity index is 1.41. The average Bonchev–Trinajstić information content (AvgIpc) is 3.27. The summed E-state index contributed by atoms with van der Waals surface area (Å²) in [7, 11) is 0. The topological polar surface area (TPSA) is 72.6 Å². The van der Waals surface area contributed by atoms with E-state index in [-0.39, 0.29) is 24.6 Å². The number of hydrogen-bond acceptors (Lipinski definition) is 6. The van der Waals surface area contributed by atoms with Crippen molar-refractivity contribution in [3.63, 3.8) is 0 Å². The molecule has 0 spiro atoms. The maximum absolute atomic E-state index is 13.0. The quantitative estimate of drug-likeness (QED) is 0.164. The number of aryl methyl sites for hydroxylation is 1. The van der Waals surface area contributed by atoms with Gasteiger partial charge in [-0.2, -0.15) is 13.2 Å². The van der Waals surface area contributed by atoms with Crippen LogP contribution in [0.3, 0.4) is 0 Å². The van der Waals surface area contributed by atoms with Gasteiger partial charge in [0.15, 0.2) is 5.76 Å². The van der Waals surface area contributed by atoms with Gasteiger partial charge in [0.05, 0.1) is 24.3 Å². The minimum absolute atomic E-state index is 0.227. The van der Waals surface area contributed by atoms with Gasteiger partial charge in [0.1, 0.15) is 5.44 Å². The largest absolute Gasteiger partial charge is 0.466 e. The van der Waals surface area contributed by atoms with E-state index in [1.165, 1.54) is 6.07 Å². The molecule has 1 N–H and O–H groups in total. The van der Waals surface area contributed by atoms with Gasteiger partial charge in [0.25, 0.3) is 0 Å². The van der Waals surface area contributed by atoms with Crippen molar-refractivity contribution >= 4 is 17.7 Å². The van der Waals surface area contributed by atoms with Gasteiger partial charge in [-0.15, -0.1) is 11.8 Å². The SMILES string of the molecule is CCOC(=O)Cc1ccc(-c2ccc(-c3onc(C)c3CC(O)SCc3cccc(C(F)(F)F)c3)cc2)cc1. The lowest BCUT2D eigenvalue weighted by Gasteiger charge is -2.12. The molecule has 0 saturated carbocycles. The molecule has 1 atom stereocenters. The van der Waals surface area contributed by atoms with Crippen molar-refractivity contribution in [2.24, 2.45) is 0 Å². The second-order valence-corrected chi connectivity index (χ2v) is 10.2. The third kappa shape index (κ3) is 7.52. The summed E-state index contributed by atoms with van der Waals surface area (Å²) in [5, 5.41) is 14.7. The molecule has 1 aromatic heterocycles. The van der Waals surface area contributed by atoms with Gasteiger partial charge in [-0.05, 0) is 42.2 Å². The number of hydrogen-bond donors (Lipinski definition) is 1. The Morgan fingerprint density at radius 2 is 1.64 bits per heavy atom. The number of nitrogens with zero attached hydrogens (tertiary/aromatic N) is 1. The van der Waals surface area contributed by atoms with Crippen LogP contribution in [0.5, 0.6) is 0 Å². The van der Waals surface area contributed by atoms with Gasteiger partial charge in [0.2, 0.25) is 0 Å². The van der Waals surface area contributed by atoms with Gasteiger partial charge in [-0.1, -0.05) is 71.9 Å². The van der Waals surface area contributed by atoms with Gasteiger partial charge in [-0.3, -0.25) is 4.79 Å². The predicted octanol–water partition coefficient (Wildman–Crippen LogP) is 7.24. The zero-order chi connectivity index (χ0) is 28.0. The summed E-state index contributed by atoms with van der Waals surface area (Å²) in [4.78, 5) is 11.7. The van der Waals surface area contributed by atoms with Crippen molar-refractivity contribution in [3.05, 3.63) is 101 Å². The van der Waals surface area contributed by atoms with Crippen molar-refractivity contribution < 1.29 is 32.3 Å². The van der Waals surface area contributed by atoms with E-state index < -0.39 is 17.2 Å². The van der Waals surface area contributed by atoms with E-state index in [1.807, 2.05) is 48.5 Å². The first-order valence-corrected chi connectivity index (χ1v) is 13.4. The zero-order valence-electron chi connectivity index (χ0n) is 21.5. The lowest BCUT2D eigenvalue weighted by atomic mass is 9.99. The highest BCUT2D eigenvalue weighted by Crippen LogP contribution is 2.33. The second kappa shape index (κ2) is 12.5. The Bertz CT molecular complexity index is 1400. The molecule has 3 aromatic carbocycles. The fourth-order valence-electron chi connectivity index (χ4n) is 4.13. The standard InChI is InChI=1S/C30H28F3NO4S/c1-3-37-27(35)16-20-7-9-22(10-8-20)23-11-13-24(14-12-23)29-26(19(2)34-38-29)17-28(36)39-18-21-5-4-6-25(15-21)30(31,32)33/h4-15,28,36H,3,16-18H2,1-2H3. The van der Waals surface area contributed by atoms with E-state index in [0.29, 0.717) is 23.6 Å². The summed E-state index contributed by atoms with van der Waals surface area (Å²) in [6.45, 7) is 3.92. The number of aromatic nitrogens is 1. The molecule has 0 aliphatic carbocycles. The smallest absolute Gasteiger partial charge is 0.416 e. The summed E-state index contributed by atoms with van der Waals surface area (Å²) in [6.07, 6.45) is -3.94. The summed E-state index contributed by atoms with van der Waals surface area (Å²) >= 11 is 1.16. The van der Waals surface area contributed by atoms with E-state index in [1.54, 1.807) is 19.9 Å². The van der Waals surface area contributed by atoms with E-state index in [4.69, 9.17) is 9.26 Å². The van der Waals surface area contributed by atoms with Gasteiger partial charge >= 0.3 is 12.1 Å². The van der Waals surface area contributed by atoms with E-state index >= 15 is 0 Å². The molecule has 0 radical (unpaired) electrons. The first-order chi connectivity index (χ1) is 18.6. The number of halogens is 3. The fourth-order valence-corrected chi connectivity index (χ4v) is 4.98. The maximum Gasteiger partial charge on any atom is 0.416 e. The number of aliphatic hydroxyl groups is 1. The van der Waals surface area contributed by atoms with Crippen molar-refractivity contribution in [2.75, 3.05) is 6.61 Å². The van der Waals surface area contributed by atoms with E-state index in [9.17, 15) is 23.1 Å². The van der Waals surface area contributed by atoms with Crippen LogP contribution >= 0.6 is 11.8 Å². The Labute approximate surface area is 229 Å². The molecule has 0 aliphatic rings. The van der Waals surface area contributed by atoms with Crippen LogP contribution < -0.4 is 0 Å². The highest BCUT2D eigenvalue weighted by Gasteiger charge is 2.30. The van der Waals surface area contributed by atoms with Crippen LogP contribution in [0, 0.1) is 6.92 Å². The van der Waals surface area contributed by atoms with Crippen molar-refractivity contribution in [2.45, 2.75) is 44.1 Å². The maximum atomic E-state index is 13.0. The Hall–Kier alpha value is -3.56. The highest BCUT2D eigenvalue weighted by molar-refractivity contribution is 7.98. The van der Waals surface area contributed by atoms with Crippen molar-refractivity contribution in [1.82, 2.24) is 5.16 Å². The minimum atomic E-state index is -4.41. The van der Waals surface area contributed by atoms with Crippen LogP contribution in [-0.2, 0) is 34.3 Å². The molecule has 1 heterocycles. The number of carbonyl (C=O) groups excluding carboxylic acids is 1. The van der Waals surface area contributed by atoms with Crippen LogP contribution in [0.25, 0.3) is 22.5 Å². The summed E-state index contributed by atoms with van der Waals surface area (Å²) in [6, 6.07) is 20.5. The summed E-state index contributed by atoms with van der Waals surface area (Å²) in [5.41, 5.74) is 3.96. The van der Waals surface area contributed by atoms with E-state index in [2.05, 4.69) is 5.16 Å². The van der Waals surface area contributed by atoms with Gasteiger partial charge in [0, 0.05) is 23.3 Å². The Morgan fingerprint density at radius 3 is 2.28 bits per heavy atom.